The summed E-state index contributed by atoms with van der Waals surface area (Å²) in [5, 5.41) is 10.1. The highest BCUT2D eigenvalue weighted by Crippen LogP contribution is 2.29. The van der Waals surface area contributed by atoms with E-state index in [1.165, 1.54) is 6.42 Å². The van der Waals surface area contributed by atoms with Gasteiger partial charge in [-0.3, -0.25) is 5.10 Å². The lowest BCUT2D eigenvalue weighted by Gasteiger charge is -2.33. The molecule has 0 spiro atoms. The first-order valence-corrected chi connectivity index (χ1v) is 9.15. The summed E-state index contributed by atoms with van der Waals surface area (Å²) in [6.07, 6.45) is 5.10. The molecule has 0 unspecified atom stereocenters. The maximum Gasteiger partial charge on any atom is 0.260 e. The van der Waals surface area contributed by atoms with Gasteiger partial charge in [0.05, 0.1) is 0 Å². The molecule has 1 heterocycles. The number of H-pyrrole nitrogens is 1. The van der Waals surface area contributed by atoms with E-state index in [2.05, 4.69) is 20.2 Å². The van der Waals surface area contributed by atoms with Crippen molar-refractivity contribution < 1.29 is 8.42 Å². The Bertz CT molecular complexity index is 574. The molecule has 1 saturated carbocycles. The molecule has 1 aliphatic carbocycles. The number of nitrogens with one attached hydrogen (secondary N) is 3. The Balaban J connectivity index is 2.23. The predicted molar refractivity (Wildman–Crippen MR) is 82.5 cm³/mol. The minimum absolute atomic E-state index is 0.132. The molecule has 0 saturated heterocycles. The lowest BCUT2D eigenvalue weighted by Crippen LogP contribution is -2.47. The molecule has 0 atom stereocenters. The topological polar surface area (TPSA) is 86.9 Å². The molecule has 120 valence electrons. The van der Waals surface area contributed by atoms with Crippen molar-refractivity contribution in [3.05, 3.63) is 11.3 Å². The van der Waals surface area contributed by atoms with Gasteiger partial charge in [0.1, 0.15) is 0 Å². The molecule has 7 heteroatoms. The maximum absolute atomic E-state index is 12.7. The molecule has 6 nitrogen and oxygen atoms in total. The average Bonchev–Trinajstić information content (AvgIpc) is 2.78. The average molecular weight is 314 g/mol. The Labute approximate surface area is 127 Å². The van der Waals surface area contributed by atoms with Gasteiger partial charge in [0, 0.05) is 23.3 Å². The molecule has 3 N–H and O–H groups in total. The van der Waals surface area contributed by atoms with Crippen LogP contribution in [0.3, 0.4) is 0 Å². The summed E-state index contributed by atoms with van der Waals surface area (Å²) in [4.78, 5) is 0. The van der Waals surface area contributed by atoms with Crippen molar-refractivity contribution in [2.75, 3.05) is 6.54 Å². The van der Waals surface area contributed by atoms with Crippen molar-refractivity contribution in [1.82, 2.24) is 20.2 Å². The second-order valence-corrected chi connectivity index (χ2v) is 7.74. The van der Waals surface area contributed by atoms with E-state index >= 15 is 0 Å². The second kappa shape index (κ2) is 6.46. The van der Waals surface area contributed by atoms with Crippen molar-refractivity contribution in [1.29, 1.82) is 0 Å². The number of hydrogen-bond acceptors (Lipinski definition) is 4. The molecule has 0 amide bonds. The molecule has 1 fully saturated rings. The Kier molecular flexibility index (Phi) is 5.06. The molecule has 2 rings (SSSR count). The van der Waals surface area contributed by atoms with E-state index < -0.39 is 10.0 Å². The smallest absolute Gasteiger partial charge is 0.260 e. The van der Waals surface area contributed by atoms with E-state index in [1.807, 2.05) is 20.8 Å². The van der Waals surface area contributed by atoms with E-state index in [9.17, 15) is 8.42 Å². The van der Waals surface area contributed by atoms with Crippen molar-refractivity contribution in [2.24, 2.45) is 0 Å². The predicted octanol–water partition coefficient (Wildman–Crippen LogP) is 1.83. The summed E-state index contributed by atoms with van der Waals surface area (Å²) in [5.74, 6) is 0. The van der Waals surface area contributed by atoms with Crippen LogP contribution in [0.1, 0.15) is 57.2 Å². The molecule has 0 aliphatic heterocycles. The van der Waals surface area contributed by atoms with Crippen LogP contribution in [0.2, 0.25) is 0 Å². The van der Waals surface area contributed by atoms with Crippen molar-refractivity contribution >= 4 is 10.0 Å². The first-order chi connectivity index (χ1) is 9.88. The van der Waals surface area contributed by atoms with Crippen LogP contribution in [-0.4, -0.2) is 30.7 Å². The van der Waals surface area contributed by atoms with Gasteiger partial charge in [0.2, 0.25) is 0 Å². The standard InChI is InChI=1S/C14H26N4O2S/c1-4-15-10-12-11(2)16-17-13(12)21(19,20)18-14(3)8-6-5-7-9-14/h15,18H,4-10H2,1-3H3,(H,16,17). The van der Waals surface area contributed by atoms with Gasteiger partial charge < -0.3 is 5.32 Å². The quantitative estimate of drug-likeness (QED) is 0.747. The summed E-state index contributed by atoms with van der Waals surface area (Å²) in [5.41, 5.74) is 1.17. The van der Waals surface area contributed by atoms with Crippen molar-refractivity contribution in [3.63, 3.8) is 0 Å². The number of rotatable bonds is 6. The summed E-state index contributed by atoms with van der Waals surface area (Å²) in [6.45, 7) is 7.13. The summed E-state index contributed by atoms with van der Waals surface area (Å²) >= 11 is 0. The van der Waals surface area contributed by atoms with Crippen LogP contribution in [0.4, 0.5) is 0 Å². The van der Waals surface area contributed by atoms with Crippen LogP contribution in [0.25, 0.3) is 0 Å². The normalized spacial score (nSPS) is 18.8. The van der Waals surface area contributed by atoms with E-state index in [4.69, 9.17) is 0 Å². The summed E-state index contributed by atoms with van der Waals surface area (Å²) in [6, 6.07) is 0. The van der Waals surface area contributed by atoms with Crippen LogP contribution in [-0.2, 0) is 16.6 Å². The van der Waals surface area contributed by atoms with Crippen LogP contribution in [0.5, 0.6) is 0 Å². The van der Waals surface area contributed by atoms with E-state index in [-0.39, 0.29) is 10.6 Å². The number of sulfonamides is 1. The van der Waals surface area contributed by atoms with Gasteiger partial charge in [0.25, 0.3) is 10.0 Å². The number of nitrogens with zero attached hydrogens (tertiary/aromatic N) is 1. The Morgan fingerprint density at radius 1 is 1.29 bits per heavy atom. The van der Waals surface area contributed by atoms with Crippen molar-refractivity contribution in [3.8, 4) is 0 Å². The van der Waals surface area contributed by atoms with Crippen LogP contribution in [0.15, 0.2) is 5.03 Å². The van der Waals surface area contributed by atoms with Crippen molar-refractivity contribution in [2.45, 2.75) is 70.0 Å². The van der Waals surface area contributed by atoms with Gasteiger partial charge in [-0.25, -0.2) is 13.1 Å². The Morgan fingerprint density at radius 3 is 2.57 bits per heavy atom. The summed E-state index contributed by atoms with van der Waals surface area (Å²) < 4.78 is 28.2. The van der Waals surface area contributed by atoms with Crippen LogP contribution >= 0.6 is 0 Å². The van der Waals surface area contributed by atoms with Gasteiger partial charge in [-0.05, 0) is 33.2 Å². The highest BCUT2D eigenvalue weighted by atomic mass is 32.2. The number of aryl methyl sites for hydroxylation is 1. The van der Waals surface area contributed by atoms with Crippen LogP contribution < -0.4 is 10.0 Å². The lowest BCUT2D eigenvalue weighted by molar-refractivity contribution is 0.293. The van der Waals surface area contributed by atoms with E-state index in [0.717, 1.165) is 43.5 Å². The molecule has 0 bridgehead atoms. The Hall–Kier alpha value is -0.920. The summed E-state index contributed by atoms with van der Waals surface area (Å²) in [7, 11) is -3.59. The number of aromatic amines is 1. The molecular formula is C14H26N4O2S. The molecule has 1 aliphatic rings. The zero-order chi connectivity index (χ0) is 15.5. The lowest BCUT2D eigenvalue weighted by atomic mass is 9.84. The van der Waals surface area contributed by atoms with Gasteiger partial charge in [-0.15, -0.1) is 0 Å². The second-order valence-electron chi connectivity index (χ2n) is 6.14. The zero-order valence-corrected chi connectivity index (χ0v) is 13.9. The third-order valence-electron chi connectivity index (χ3n) is 4.18. The van der Waals surface area contributed by atoms with Gasteiger partial charge in [-0.2, -0.15) is 5.10 Å². The SMILES string of the molecule is CCNCc1c(S(=O)(=O)NC2(C)CCCCC2)n[nH]c1C. The largest absolute Gasteiger partial charge is 0.313 e. The van der Waals surface area contributed by atoms with E-state index in [0.29, 0.717) is 6.54 Å². The fraction of sp³-hybridized carbons (Fsp3) is 0.786. The molecule has 1 aromatic rings. The third-order valence-corrected chi connectivity index (χ3v) is 5.79. The fourth-order valence-corrected chi connectivity index (χ4v) is 4.58. The molecule has 21 heavy (non-hydrogen) atoms. The highest BCUT2D eigenvalue weighted by molar-refractivity contribution is 7.89. The van der Waals surface area contributed by atoms with E-state index in [1.54, 1.807) is 0 Å². The molecule has 0 aromatic carbocycles. The van der Waals surface area contributed by atoms with Gasteiger partial charge >= 0.3 is 0 Å². The maximum atomic E-state index is 12.7. The molecule has 0 radical (unpaired) electrons. The minimum atomic E-state index is -3.59. The van der Waals surface area contributed by atoms with Gasteiger partial charge in [-0.1, -0.05) is 26.2 Å². The third kappa shape index (κ3) is 3.84. The number of aromatic nitrogens is 2. The number of hydrogen-bond donors (Lipinski definition) is 3. The highest BCUT2D eigenvalue weighted by Gasteiger charge is 2.34. The first-order valence-electron chi connectivity index (χ1n) is 7.66. The van der Waals surface area contributed by atoms with Crippen LogP contribution in [0, 0.1) is 6.92 Å². The first kappa shape index (κ1) is 16.5. The fourth-order valence-electron chi connectivity index (χ4n) is 2.92. The molecule has 1 aromatic heterocycles. The monoisotopic (exact) mass is 314 g/mol. The Morgan fingerprint density at radius 2 is 1.95 bits per heavy atom. The van der Waals surface area contributed by atoms with Gasteiger partial charge in [0.15, 0.2) is 5.03 Å². The zero-order valence-electron chi connectivity index (χ0n) is 13.1. The minimum Gasteiger partial charge on any atom is -0.313 e. The molecular weight excluding hydrogens is 288 g/mol.